The van der Waals surface area contributed by atoms with Gasteiger partial charge >= 0.3 is 0 Å². The van der Waals surface area contributed by atoms with Gasteiger partial charge in [0.05, 0.1) is 27.0 Å². The van der Waals surface area contributed by atoms with Crippen molar-refractivity contribution >= 4 is 27.5 Å². The van der Waals surface area contributed by atoms with Crippen LogP contribution in [0.4, 0.5) is 4.39 Å². The minimum atomic E-state index is -0.760. The first-order valence-corrected chi connectivity index (χ1v) is 6.88. The molecule has 0 saturated carbocycles. The summed E-state index contributed by atoms with van der Waals surface area (Å²) in [7, 11) is 1.82. The summed E-state index contributed by atoms with van der Waals surface area (Å²) in [6.45, 7) is 1.88. The highest BCUT2D eigenvalue weighted by atomic mass is 79.9. The average Bonchev–Trinajstić information content (AvgIpc) is 2.59. The van der Waals surface area contributed by atoms with Crippen LogP contribution in [-0.4, -0.2) is 14.9 Å². The summed E-state index contributed by atoms with van der Waals surface area (Å²) < 4.78 is 15.7. The van der Waals surface area contributed by atoms with Gasteiger partial charge in [0.1, 0.15) is 5.82 Å². The largest absolute Gasteiger partial charge is 0.388 e. The number of hydrogen-bond acceptors (Lipinski definition) is 2. The molecule has 0 aliphatic carbocycles. The van der Waals surface area contributed by atoms with Gasteiger partial charge in [0.2, 0.25) is 0 Å². The topological polar surface area (TPSA) is 38.0 Å². The highest BCUT2D eigenvalue weighted by molar-refractivity contribution is 9.10. The summed E-state index contributed by atoms with van der Waals surface area (Å²) in [6, 6.07) is 4.23. The first kappa shape index (κ1) is 14.5. The molecule has 1 heterocycles. The standard InChI is InChI=1S/C13H13BrClFN2O/c1-7-13(14)11(18(2)17-7)6-12(19)8-3-4-10(16)9(15)5-8/h3-5,12,19H,6H2,1-2H3. The number of benzene rings is 1. The molecule has 0 bridgehead atoms. The third-order valence-corrected chi connectivity index (χ3v) is 4.30. The van der Waals surface area contributed by atoms with Crippen LogP contribution in [0.5, 0.6) is 0 Å². The van der Waals surface area contributed by atoms with E-state index >= 15 is 0 Å². The molecule has 0 aliphatic rings. The van der Waals surface area contributed by atoms with Crippen molar-refractivity contribution in [1.82, 2.24) is 9.78 Å². The van der Waals surface area contributed by atoms with Crippen LogP contribution in [0.25, 0.3) is 0 Å². The number of aliphatic hydroxyl groups is 1. The summed E-state index contributed by atoms with van der Waals surface area (Å²) in [5.41, 5.74) is 2.32. The number of rotatable bonds is 3. The number of aliphatic hydroxyl groups excluding tert-OH is 1. The smallest absolute Gasteiger partial charge is 0.141 e. The predicted octanol–water partition coefficient (Wildman–Crippen LogP) is 3.56. The maximum absolute atomic E-state index is 13.1. The van der Waals surface area contributed by atoms with Crippen molar-refractivity contribution in [1.29, 1.82) is 0 Å². The average molecular weight is 348 g/mol. The summed E-state index contributed by atoms with van der Waals surface area (Å²) in [5.74, 6) is -0.491. The Hall–Kier alpha value is -0.910. The molecule has 1 N–H and O–H groups in total. The van der Waals surface area contributed by atoms with Gasteiger partial charge in [-0.05, 0) is 40.5 Å². The molecule has 0 saturated heterocycles. The molecule has 3 nitrogen and oxygen atoms in total. The number of halogens is 3. The Kier molecular flexibility index (Phi) is 4.28. The fraction of sp³-hybridized carbons (Fsp3) is 0.308. The zero-order chi connectivity index (χ0) is 14.2. The minimum absolute atomic E-state index is 0.0109. The highest BCUT2D eigenvalue weighted by Crippen LogP contribution is 2.27. The summed E-state index contributed by atoms with van der Waals surface area (Å²) >= 11 is 9.16. The molecule has 0 amide bonds. The molecule has 0 aliphatic heterocycles. The number of aryl methyl sites for hydroxylation is 2. The van der Waals surface area contributed by atoms with Crippen molar-refractivity contribution in [3.8, 4) is 0 Å². The Balaban J connectivity index is 2.25. The molecule has 0 fully saturated rings. The van der Waals surface area contributed by atoms with E-state index in [1.807, 2.05) is 14.0 Å². The molecule has 0 spiro atoms. The monoisotopic (exact) mass is 346 g/mol. The Labute approximate surface area is 124 Å². The van der Waals surface area contributed by atoms with Gasteiger partial charge in [0, 0.05) is 13.5 Å². The van der Waals surface area contributed by atoms with Crippen LogP contribution in [0, 0.1) is 12.7 Å². The second-order valence-electron chi connectivity index (χ2n) is 4.36. The van der Waals surface area contributed by atoms with E-state index < -0.39 is 11.9 Å². The highest BCUT2D eigenvalue weighted by Gasteiger charge is 2.17. The molecule has 1 aromatic carbocycles. The molecule has 1 atom stereocenters. The van der Waals surface area contributed by atoms with Crippen molar-refractivity contribution < 1.29 is 9.50 Å². The maximum Gasteiger partial charge on any atom is 0.141 e. The zero-order valence-electron chi connectivity index (χ0n) is 10.5. The van der Waals surface area contributed by atoms with Crippen molar-refractivity contribution in [2.45, 2.75) is 19.4 Å². The van der Waals surface area contributed by atoms with E-state index in [0.29, 0.717) is 12.0 Å². The Morgan fingerprint density at radius 1 is 1.53 bits per heavy atom. The van der Waals surface area contributed by atoms with Gasteiger partial charge in [-0.2, -0.15) is 5.10 Å². The van der Waals surface area contributed by atoms with Crippen LogP contribution in [0.15, 0.2) is 22.7 Å². The fourth-order valence-corrected chi connectivity index (χ4v) is 2.61. The van der Waals surface area contributed by atoms with E-state index in [2.05, 4.69) is 21.0 Å². The van der Waals surface area contributed by atoms with Gasteiger partial charge in [-0.3, -0.25) is 4.68 Å². The van der Waals surface area contributed by atoms with Crippen molar-refractivity contribution in [2.24, 2.45) is 7.05 Å². The van der Waals surface area contributed by atoms with Crippen LogP contribution in [0.3, 0.4) is 0 Å². The van der Waals surface area contributed by atoms with E-state index in [-0.39, 0.29) is 5.02 Å². The van der Waals surface area contributed by atoms with Crippen LogP contribution in [-0.2, 0) is 13.5 Å². The molecule has 2 rings (SSSR count). The first-order valence-electron chi connectivity index (χ1n) is 5.71. The summed E-state index contributed by atoms with van der Waals surface area (Å²) in [5, 5.41) is 14.5. The lowest BCUT2D eigenvalue weighted by atomic mass is 10.0. The van der Waals surface area contributed by atoms with E-state index in [4.69, 9.17) is 11.6 Å². The second kappa shape index (κ2) is 5.61. The van der Waals surface area contributed by atoms with Gasteiger partial charge in [0.15, 0.2) is 0 Å². The fourth-order valence-electron chi connectivity index (χ4n) is 1.92. The second-order valence-corrected chi connectivity index (χ2v) is 5.56. The number of aromatic nitrogens is 2. The number of hydrogen-bond donors (Lipinski definition) is 1. The van der Waals surface area contributed by atoms with Gasteiger partial charge in [-0.25, -0.2) is 4.39 Å². The molecular weight excluding hydrogens is 335 g/mol. The third kappa shape index (κ3) is 2.99. The molecule has 1 aromatic heterocycles. The Bertz CT molecular complexity index is 615. The molecule has 6 heteroatoms. The molecular formula is C13H13BrClFN2O. The Morgan fingerprint density at radius 2 is 2.21 bits per heavy atom. The van der Waals surface area contributed by atoms with Crippen molar-refractivity contribution in [3.05, 3.63) is 50.5 Å². The van der Waals surface area contributed by atoms with E-state index in [1.165, 1.54) is 18.2 Å². The quantitative estimate of drug-likeness (QED) is 0.922. The van der Waals surface area contributed by atoms with Crippen LogP contribution in [0.2, 0.25) is 5.02 Å². The van der Waals surface area contributed by atoms with Crippen LogP contribution >= 0.6 is 27.5 Å². The minimum Gasteiger partial charge on any atom is -0.388 e. The Morgan fingerprint density at radius 3 is 2.74 bits per heavy atom. The van der Waals surface area contributed by atoms with E-state index in [0.717, 1.165) is 15.9 Å². The van der Waals surface area contributed by atoms with Crippen molar-refractivity contribution in [2.75, 3.05) is 0 Å². The molecule has 1 unspecified atom stereocenters. The lowest BCUT2D eigenvalue weighted by molar-refractivity contribution is 0.175. The van der Waals surface area contributed by atoms with Crippen molar-refractivity contribution in [3.63, 3.8) is 0 Å². The van der Waals surface area contributed by atoms with Gasteiger partial charge in [-0.15, -0.1) is 0 Å². The number of nitrogens with zero attached hydrogens (tertiary/aromatic N) is 2. The molecule has 102 valence electrons. The molecule has 19 heavy (non-hydrogen) atoms. The SMILES string of the molecule is Cc1nn(C)c(CC(O)c2ccc(F)c(Cl)c2)c1Br. The first-order chi connectivity index (χ1) is 8.90. The molecule has 0 radical (unpaired) electrons. The lowest BCUT2D eigenvalue weighted by Gasteiger charge is -2.12. The predicted molar refractivity (Wildman–Crippen MR) is 75.7 cm³/mol. The lowest BCUT2D eigenvalue weighted by Crippen LogP contribution is -2.07. The van der Waals surface area contributed by atoms with Gasteiger partial charge < -0.3 is 5.11 Å². The van der Waals surface area contributed by atoms with Gasteiger partial charge in [-0.1, -0.05) is 17.7 Å². The van der Waals surface area contributed by atoms with Crippen LogP contribution < -0.4 is 0 Å². The normalized spacial score (nSPS) is 12.7. The third-order valence-electron chi connectivity index (χ3n) is 2.98. The molecule has 2 aromatic rings. The zero-order valence-corrected chi connectivity index (χ0v) is 12.8. The van der Waals surface area contributed by atoms with Gasteiger partial charge in [0.25, 0.3) is 0 Å². The van der Waals surface area contributed by atoms with Crippen LogP contribution in [0.1, 0.15) is 23.1 Å². The summed E-state index contributed by atoms with van der Waals surface area (Å²) in [6.07, 6.45) is -0.385. The van der Waals surface area contributed by atoms with E-state index in [9.17, 15) is 9.50 Å². The maximum atomic E-state index is 13.1. The van der Waals surface area contributed by atoms with E-state index in [1.54, 1.807) is 4.68 Å². The summed E-state index contributed by atoms with van der Waals surface area (Å²) in [4.78, 5) is 0.